The highest BCUT2D eigenvalue weighted by Gasteiger charge is 2.13. The summed E-state index contributed by atoms with van der Waals surface area (Å²) in [7, 11) is 0. The van der Waals surface area contributed by atoms with Crippen molar-refractivity contribution in [3.8, 4) is 45.3 Å². The van der Waals surface area contributed by atoms with E-state index in [1.165, 1.54) is 0 Å². The largest absolute Gasteiger partial charge is 0.427 e. The molecule has 56 heavy (non-hydrogen) atoms. The Labute approximate surface area is 326 Å². The molecule has 0 bridgehead atoms. The second kappa shape index (κ2) is 20.0. The van der Waals surface area contributed by atoms with Crippen molar-refractivity contribution in [2.24, 2.45) is 0 Å². The summed E-state index contributed by atoms with van der Waals surface area (Å²) < 4.78 is 21.9. The van der Waals surface area contributed by atoms with Crippen LogP contribution in [0.1, 0.15) is 72.1 Å². The normalized spacial score (nSPS) is 10.6. The van der Waals surface area contributed by atoms with Crippen LogP contribution in [-0.4, -0.2) is 23.9 Å². The van der Waals surface area contributed by atoms with Crippen LogP contribution in [0.3, 0.4) is 0 Å². The Morgan fingerprint density at radius 2 is 0.589 bits per heavy atom. The number of carbonyl (C=O) groups is 4. The second-order valence-corrected chi connectivity index (χ2v) is 13.2. The summed E-state index contributed by atoms with van der Waals surface area (Å²) in [4.78, 5) is 49.9. The summed E-state index contributed by atoms with van der Waals surface area (Å²) in [6.45, 7) is 0. The molecule has 0 spiro atoms. The Morgan fingerprint density at radius 3 is 0.946 bits per heavy atom. The summed E-state index contributed by atoms with van der Waals surface area (Å²) in [5.74, 6) is -0.0534. The summed E-state index contributed by atoms with van der Waals surface area (Å²) >= 11 is 0. The quantitative estimate of drug-likeness (QED) is 0.0516. The molecule has 0 amide bonds. The van der Waals surface area contributed by atoms with Gasteiger partial charge in [-0.15, -0.1) is 0 Å². The molecule has 6 rings (SSSR count). The van der Waals surface area contributed by atoms with Gasteiger partial charge in [0.25, 0.3) is 0 Å². The molecule has 0 atom stereocenters. The molecule has 0 unspecified atom stereocenters. The summed E-state index contributed by atoms with van der Waals surface area (Å²) in [5, 5.41) is 0. The van der Waals surface area contributed by atoms with Crippen LogP contribution in [0.5, 0.6) is 23.0 Å². The average molecular weight is 747 g/mol. The number of esters is 4. The maximum absolute atomic E-state index is 12.6. The minimum absolute atomic E-state index is 0.285. The van der Waals surface area contributed by atoms with Gasteiger partial charge < -0.3 is 18.9 Å². The number of hydrogen-bond donors (Lipinski definition) is 0. The molecule has 0 saturated heterocycles. The van der Waals surface area contributed by atoms with Gasteiger partial charge in [-0.1, -0.05) is 111 Å². The second-order valence-electron chi connectivity index (χ2n) is 13.2. The van der Waals surface area contributed by atoms with E-state index in [0.29, 0.717) is 47.0 Å². The first kappa shape index (κ1) is 38.9. The SMILES string of the molecule is O=C(CCCCCCCCC(=O)Oc1ccc(C(=O)Oc2ccc(-c3ccccc3)cc2)cc1)Oc1ccc(C(=O)Oc2ccc(-c3ccccc3)cc2)cc1. The van der Waals surface area contributed by atoms with Gasteiger partial charge in [-0.2, -0.15) is 0 Å². The van der Waals surface area contributed by atoms with Crippen LogP contribution in [0.2, 0.25) is 0 Å². The lowest BCUT2D eigenvalue weighted by Gasteiger charge is -2.08. The van der Waals surface area contributed by atoms with E-state index in [2.05, 4.69) is 0 Å². The molecule has 0 aliphatic rings. The summed E-state index contributed by atoms with van der Waals surface area (Å²) in [5.41, 5.74) is 4.90. The molecule has 0 heterocycles. The van der Waals surface area contributed by atoms with Gasteiger partial charge in [-0.25, -0.2) is 9.59 Å². The van der Waals surface area contributed by atoms with Crippen molar-refractivity contribution < 1.29 is 38.1 Å². The lowest BCUT2D eigenvalue weighted by Crippen LogP contribution is -2.10. The van der Waals surface area contributed by atoms with Gasteiger partial charge in [0.15, 0.2) is 0 Å². The first-order valence-corrected chi connectivity index (χ1v) is 18.8. The fourth-order valence-corrected chi connectivity index (χ4v) is 5.95. The van der Waals surface area contributed by atoms with Gasteiger partial charge in [-0.3, -0.25) is 9.59 Å². The minimum Gasteiger partial charge on any atom is -0.427 e. The third kappa shape index (κ3) is 11.9. The van der Waals surface area contributed by atoms with Crippen LogP contribution in [0, 0.1) is 0 Å². The lowest BCUT2D eigenvalue weighted by atomic mass is 10.1. The van der Waals surface area contributed by atoms with Gasteiger partial charge in [0, 0.05) is 12.8 Å². The van der Waals surface area contributed by atoms with E-state index in [-0.39, 0.29) is 24.8 Å². The van der Waals surface area contributed by atoms with E-state index in [0.717, 1.165) is 47.9 Å². The number of carbonyl (C=O) groups excluding carboxylic acids is 4. The predicted octanol–water partition coefficient (Wildman–Crippen LogP) is 11.1. The molecular weight excluding hydrogens is 705 g/mol. The van der Waals surface area contributed by atoms with Crippen LogP contribution in [0.25, 0.3) is 22.3 Å². The van der Waals surface area contributed by atoms with Gasteiger partial charge >= 0.3 is 23.9 Å². The smallest absolute Gasteiger partial charge is 0.343 e. The lowest BCUT2D eigenvalue weighted by molar-refractivity contribution is -0.135. The van der Waals surface area contributed by atoms with Crippen LogP contribution < -0.4 is 18.9 Å². The molecule has 0 aliphatic heterocycles. The predicted molar refractivity (Wildman–Crippen MR) is 215 cm³/mol. The van der Waals surface area contributed by atoms with Crippen molar-refractivity contribution in [1.29, 1.82) is 0 Å². The first-order chi connectivity index (χ1) is 27.4. The minimum atomic E-state index is -0.500. The fourth-order valence-electron chi connectivity index (χ4n) is 5.95. The zero-order valence-corrected chi connectivity index (χ0v) is 30.9. The van der Waals surface area contributed by atoms with Crippen LogP contribution in [0.4, 0.5) is 0 Å². The third-order valence-electron chi connectivity index (χ3n) is 9.00. The number of rotatable bonds is 17. The van der Waals surface area contributed by atoms with E-state index in [1.54, 1.807) is 72.8 Å². The van der Waals surface area contributed by atoms with E-state index >= 15 is 0 Å². The number of unbranched alkanes of at least 4 members (excludes halogenated alkanes) is 5. The Bertz CT molecular complexity index is 2020. The Morgan fingerprint density at radius 1 is 0.304 bits per heavy atom. The van der Waals surface area contributed by atoms with Gasteiger partial charge in [0.2, 0.25) is 0 Å². The van der Waals surface area contributed by atoms with Gasteiger partial charge in [0.05, 0.1) is 11.1 Å². The molecule has 282 valence electrons. The molecule has 8 heteroatoms. The first-order valence-electron chi connectivity index (χ1n) is 18.8. The van der Waals surface area contributed by atoms with E-state index in [1.807, 2.05) is 84.9 Å². The molecule has 6 aromatic carbocycles. The fraction of sp³-hybridized carbons (Fsp3) is 0.167. The molecule has 8 nitrogen and oxygen atoms in total. The Balaban J connectivity index is 0.801. The molecular formula is C48H42O8. The van der Waals surface area contributed by atoms with Crippen LogP contribution in [-0.2, 0) is 9.59 Å². The number of hydrogen-bond acceptors (Lipinski definition) is 8. The van der Waals surface area contributed by atoms with Gasteiger partial charge in [-0.05, 0) is 108 Å². The van der Waals surface area contributed by atoms with Crippen molar-refractivity contribution in [2.75, 3.05) is 0 Å². The topological polar surface area (TPSA) is 105 Å². The highest BCUT2D eigenvalue weighted by molar-refractivity contribution is 5.92. The molecule has 0 aromatic heterocycles. The van der Waals surface area contributed by atoms with Crippen molar-refractivity contribution in [1.82, 2.24) is 0 Å². The maximum atomic E-state index is 12.6. The zero-order valence-electron chi connectivity index (χ0n) is 30.9. The standard InChI is InChI=1S/C48H42O8/c49-45(53-41-31-23-39(24-32-41)47(51)55-43-27-19-37(20-28-43)35-13-7-5-8-14-35)17-11-3-1-2-4-12-18-46(50)54-42-33-25-40(26-34-42)48(52)56-44-29-21-38(22-30-44)36-15-9-6-10-16-36/h5-10,13-16,19-34H,1-4,11-12,17-18H2. The van der Waals surface area contributed by atoms with Crippen LogP contribution in [0.15, 0.2) is 158 Å². The van der Waals surface area contributed by atoms with Crippen LogP contribution >= 0.6 is 0 Å². The highest BCUT2D eigenvalue weighted by atomic mass is 16.5. The molecule has 0 N–H and O–H groups in total. The van der Waals surface area contributed by atoms with Crippen molar-refractivity contribution in [2.45, 2.75) is 51.4 Å². The molecule has 0 aliphatic carbocycles. The van der Waals surface area contributed by atoms with Crippen molar-refractivity contribution >= 4 is 23.9 Å². The Kier molecular flexibility index (Phi) is 13.9. The van der Waals surface area contributed by atoms with Crippen molar-refractivity contribution in [3.63, 3.8) is 0 Å². The third-order valence-corrected chi connectivity index (χ3v) is 9.00. The summed E-state index contributed by atoms with van der Waals surface area (Å²) in [6.07, 6.45) is 5.55. The molecule has 0 saturated carbocycles. The monoisotopic (exact) mass is 746 g/mol. The van der Waals surface area contributed by atoms with E-state index < -0.39 is 11.9 Å². The van der Waals surface area contributed by atoms with E-state index in [4.69, 9.17) is 18.9 Å². The highest BCUT2D eigenvalue weighted by Crippen LogP contribution is 2.25. The molecule has 6 aromatic rings. The zero-order chi connectivity index (χ0) is 39.0. The number of benzene rings is 6. The average Bonchev–Trinajstić information content (AvgIpc) is 3.23. The Hall–Kier alpha value is -6.80. The molecule has 0 radical (unpaired) electrons. The van der Waals surface area contributed by atoms with Crippen molar-refractivity contribution in [3.05, 3.63) is 169 Å². The van der Waals surface area contributed by atoms with E-state index in [9.17, 15) is 19.2 Å². The van der Waals surface area contributed by atoms with Gasteiger partial charge in [0.1, 0.15) is 23.0 Å². The number of ether oxygens (including phenoxy) is 4. The summed E-state index contributed by atoms with van der Waals surface area (Å²) in [6, 6.07) is 47.1. The molecule has 0 fully saturated rings. The maximum Gasteiger partial charge on any atom is 0.343 e.